The fraction of sp³-hybridized carbons (Fsp3) is 0.364. The molecular formula is C22H22BrN3O4. The predicted octanol–water partition coefficient (Wildman–Crippen LogP) is 2.63. The Morgan fingerprint density at radius 2 is 1.77 bits per heavy atom. The first kappa shape index (κ1) is 19.5. The number of amides is 2. The number of fused-ring (bicyclic) bond motifs is 1. The van der Waals surface area contributed by atoms with Crippen LogP contribution in [0.1, 0.15) is 12.0 Å². The van der Waals surface area contributed by atoms with Crippen molar-refractivity contribution in [3.8, 4) is 11.5 Å². The molecule has 2 aromatic rings. The number of piperazine rings is 1. The van der Waals surface area contributed by atoms with Gasteiger partial charge in [0.15, 0.2) is 11.5 Å². The lowest BCUT2D eigenvalue weighted by Crippen LogP contribution is -2.52. The SMILES string of the molecule is O=C1C[C@H](N2CCN(Cc3ccc4c(c3)OCO4)CC2)C(=O)N1c1cccc(Br)c1. The van der Waals surface area contributed by atoms with Gasteiger partial charge in [0.2, 0.25) is 12.7 Å². The van der Waals surface area contributed by atoms with Crippen molar-refractivity contribution in [1.29, 1.82) is 0 Å². The molecule has 2 fully saturated rings. The van der Waals surface area contributed by atoms with Crippen LogP contribution in [0.2, 0.25) is 0 Å². The molecule has 7 nitrogen and oxygen atoms in total. The molecule has 0 radical (unpaired) electrons. The second-order valence-electron chi connectivity index (χ2n) is 7.77. The Kier molecular flexibility index (Phi) is 5.22. The van der Waals surface area contributed by atoms with Crippen LogP contribution in [0.25, 0.3) is 0 Å². The number of anilines is 1. The first-order valence-electron chi connectivity index (χ1n) is 10.1. The van der Waals surface area contributed by atoms with Crippen molar-refractivity contribution in [2.24, 2.45) is 0 Å². The molecule has 0 saturated carbocycles. The molecule has 0 unspecified atom stereocenters. The van der Waals surface area contributed by atoms with E-state index >= 15 is 0 Å². The van der Waals surface area contributed by atoms with Gasteiger partial charge in [-0.2, -0.15) is 0 Å². The number of hydrogen-bond donors (Lipinski definition) is 0. The Hall–Kier alpha value is -2.42. The maximum absolute atomic E-state index is 13.0. The maximum atomic E-state index is 13.0. The summed E-state index contributed by atoms with van der Waals surface area (Å²) in [5, 5.41) is 0. The Morgan fingerprint density at radius 3 is 2.57 bits per heavy atom. The molecule has 2 saturated heterocycles. The molecule has 1 atom stereocenters. The minimum atomic E-state index is -0.371. The van der Waals surface area contributed by atoms with E-state index in [0.29, 0.717) is 5.69 Å². The van der Waals surface area contributed by atoms with Crippen LogP contribution >= 0.6 is 15.9 Å². The third-order valence-corrected chi connectivity index (χ3v) is 6.37. The molecule has 3 aliphatic rings. The van der Waals surface area contributed by atoms with E-state index in [1.54, 1.807) is 6.07 Å². The van der Waals surface area contributed by atoms with E-state index in [-0.39, 0.29) is 31.1 Å². The topological polar surface area (TPSA) is 62.3 Å². The molecular weight excluding hydrogens is 450 g/mol. The normalized spacial score (nSPS) is 22.2. The molecule has 0 aromatic heterocycles. The van der Waals surface area contributed by atoms with Gasteiger partial charge in [-0.25, -0.2) is 4.90 Å². The first-order valence-corrected chi connectivity index (χ1v) is 10.8. The van der Waals surface area contributed by atoms with E-state index in [1.165, 1.54) is 10.5 Å². The van der Waals surface area contributed by atoms with Crippen molar-refractivity contribution < 1.29 is 19.1 Å². The van der Waals surface area contributed by atoms with Crippen molar-refractivity contribution in [3.63, 3.8) is 0 Å². The van der Waals surface area contributed by atoms with Crippen LogP contribution in [-0.2, 0) is 16.1 Å². The highest BCUT2D eigenvalue weighted by Gasteiger charge is 2.43. The molecule has 2 aromatic carbocycles. The summed E-state index contributed by atoms with van der Waals surface area (Å²) in [6, 6.07) is 13.0. The summed E-state index contributed by atoms with van der Waals surface area (Å²) in [4.78, 5) is 31.4. The van der Waals surface area contributed by atoms with Gasteiger partial charge in [0.25, 0.3) is 5.91 Å². The fourth-order valence-corrected chi connectivity index (χ4v) is 4.71. The Bertz CT molecular complexity index is 990. The summed E-state index contributed by atoms with van der Waals surface area (Å²) in [5.41, 5.74) is 1.81. The fourth-order valence-electron chi connectivity index (χ4n) is 4.32. The van der Waals surface area contributed by atoms with Gasteiger partial charge in [-0.15, -0.1) is 0 Å². The third-order valence-electron chi connectivity index (χ3n) is 5.88. The van der Waals surface area contributed by atoms with Crippen LogP contribution < -0.4 is 14.4 Å². The van der Waals surface area contributed by atoms with E-state index < -0.39 is 0 Å². The summed E-state index contributed by atoms with van der Waals surface area (Å²) < 4.78 is 11.7. The average molecular weight is 472 g/mol. The van der Waals surface area contributed by atoms with Gasteiger partial charge in [0.05, 0.1) is 18.2 Å². The van der Waals surface area contributed by atoms with E-state index in [4.69, 9.17) is 9.47 Å². The van der Waals surface area contributed by atoms with Crippen LogP contribution in [0, 0.1) is 0 Å². The maximum Gasteiger partial charge on any atom is 0.251 e. The van der Waals surface area contributed by atoms with Crippen molar-refractivity contribution in [1.82, 2.24) is 9.80 Å². The summed E-state index contributed by atoms with van der Waals surface area (Å²) in [6.45, 7) is 4.34. The zero-order chi connectivity index (χ0) is 20.7. The van der Waals surface area contributed by atoms with Gasteiger partial charge in [-0.3, -0.25) is 19.4 Å². The Morgan fingerprint density at radius 1 is 0.967 bits per heavy atom. The van der Waals surface area contributed by atoms with E-state index in [2.05, 4.69) is 31.8 Å². The highest BCUT2D eigenvalue weighted by molar-refractivity contribution is 9.10. The Balaban J connectivity index is 1.20. The zero-order valence-corrected chi connectivity index (χ0v) is 18.0. The van der Waals surface area contributed by atoms with Crippen LogP contribution in [-0.4, -0.2) is 60.6 Å². The van der Waals surface area contributed by atoms with Gasteiger partial charge in [-0.05, 0) is 35.9 Å². The minimum absolute atomic E-state index is 0.123. The second kappa shape index (κ2) is 8.02. The number of carbonyl (C=O) groups excluding carboxylic acids is 2. The first-order chi connectivity index (χ1) is 14.6. The third kappa shape index (κ3) is 3.71. The number of benzene rings is 2. The van der Waals surface area contributed by atoms with Gasteiger partial charge >= 0.3 is 0 Å². The zero-order valence-electron chi connectivity index (χ0n) is 16.4. The molecule has 30 heavy (non-hydrogen) atoms. The predicted molar refractivity (Wildman–Crippen MR) is 114 cm³/mol. The van der Waals surface area contributed by atoms with Gasteiger partial charge in [-0.1, -0.05) is 28.1 Å². The molecule has 0 aliphatic carbocycles. The second-order valence-corrected chi connectivity index (χ2v) is 8.68. The number of carbonyl (C=O) groups is 2. The molecule has 5 rings (SSSR count). The number of hydrogen-bond acceptors (Lipinski definition) is 6. The van der Waals surface area contributed by atoms with E-state index in [9.17, 15) is 9.59 Å². The van der Waals surface area contributed by atoms with Crippen molar-refractivity contribution in [2.75, 3.05) is 37.9 Å². The van der Waals surface area contributed by atoms with Crippen LogP contribution in [0.3, 0.4) is 0 Å². The van der Waals surface area contributed by atoms with Gasteiger partial charge in [0, 0.05) is 37.2 Å². The number of imide groups is 1. The smallest absolute Gasteiger partial charge is 0.251 e. The van der Waals surface area contributed by atoms with E-state index in [1.807, 2.05) is 30.3 Å². The highest BCUT2D eigenvalue weighted by Crippen LogP contribution is 2.33. The number of nitrogens with zero attached hydrogens (tertiary/aromatic N) is 3. The summed E-state index contributed by atoms with van der Waals surface area (Å²) >= 11 is 3.41. The molecule has 3 heterocycles. The van der Waals surface area contributed by atoms with Gasteiger partial charge in [0.1, 0.15) is 0 Å². The van der Waals surface area contributed by atoms with Crippen molar-refractivity contribution in [2.45, 2.75) is 19.0 Å². The average Bonchev–Trinajstić information content (AvgIpc) is 3.32. The molecule has 8 heteroatoms. The molecule has 0 N–H and O–H groups in total. The minimum Gasteiger partial charge on any atom is -0.454 e. The lowest BCUT2D eigenvalue weighted by atomic mass is 10.1. The Labute approximate surface area is 183 Å². The summed E-state index contributed by atoms with van der Waals surface area (Å²) in [7, 11) is 0. The van der Waals surface area contributed by atoms with Crippen LogP contribution in [0.5, 0.6) is 11.5 Å². The van der Waals surface area contributed by atoms with Gasteiger partial charge < -0.3 is 9.47 Å². The summed E-state index contributed by atoms with van der Waals surface area (Å²) in [5.74, 6) is 1.34. The standard InChI is InChI=1S/C22H22BrN3O4/c23-16-2-1-3-17(11-16)26-21(27)12-18(22(26)28)25-8-6-24(7-9-25)13-15-4-5-19-20(10-15)30-14-29-19/h1-5,10-11,18H,6-9,12-14H2/t18-/m0/s1. The van der Waals surface area contributed by atoms with Crippen LogP contribution in [0.15, 0.2) is 46.9 Å². The van der Waals surface area contributed by atoms with Crippen molar-refractivity contribution in [3.05, 3.63) is 52.5 Å². The number of ether oxygens (including phenoxy) is 2. The van der Waals surface area contributed by atoms with Crippen molar-refractivity contribution >= 4 is 33.4 Å². The molecule has 2 amide bonds. The van der Waals surface area contributed by atoms with E-state index in [0.717, 1.165) is 48.7 Å². The lowest BCUT2D eigenvalue weighted by molar-refractivity contribution is -0.123. The quantitative estimate of drug-likeness (QED) is 0.638. The number of rotatable bonds is 4. The highest BCUT2D eigenvalue weighted by atomic mass is 79.9. The molecule has 156 valence electrons. The molecule has 0 bridgehead atoms. The molecule has 3 aliphatic heterocycles. The lowest BCUT2D eigenvalue weighted by Gasteiger charge is -2.37. The largest absolute Gasteiger partial charge is 0.454 e. The number of halogens is 1. The van der Waals surface area contributed by atoms with Crippen LogP contribution in [0.4, 0.5) is 5.69 Å². The molecule has 0 spiro atoms. The summed E-state index contributed by atoms with van der Waals surface area (Å²) in [6.07, 6.45) is 0.244. The monoisotopic (exact) mass is 471 g/mol.